The van der Waals surface area contributed by atoms with Crippen LogP contribution < -0.4 is 10.1 Å². The van der Waals surface area contributed by atoms with Crippen LogP contribution in [0.2, 0.25) is 10.0 Å². The van der Waals surface area contributed by atoms with Gasteiger partial charge < -0.3 is 15.0 Å². The summed E-state index contributed by atoms with van der Waals surface area (Å²) >= 11 is 16.1. The molecule has 2 amide bonds. The molecule has 0 aliphatic rings. The smallest absolute Gasteiger partial charge is 0.261 e. The van der Waals surface area contributed by atoms with Crippen LogP contribution in [0.4, 0.5) is 0 Å². The standard InChI is InChI=1S/C30H33BrCl2N2O3/c1-19(2)22-11-13-28(25(31)15-22)38-18-29(36)35(17-23-10-12-24(32)16-26(23)33)27(30(37)34-20(3)4)14-21-8-6-5-7-9-21/h5-13,15-16,19-20,27H,14,17-18H2,1-4H3,(H,34,37). The molecule has 0 bridgehead atoms. The van der Waals surface area contributed by atoms with E-state index in [4.69, 9.17) is 27.9 Å². The first-order chi connectivity index (χ1) is 18.0. The number of hydrogen-bond acceptors (Lipinski definition) is 3. The third kappa shape index (κ3) is 8.48. The fourth-order valence-electron chi connectivity index (χ4n) is 3.98. The quantitative estimate of drug-likeness (QED) is 0.243. The number of rotatable bonds is 11. The van der Waals surface area contributed by atoms with Gasteiger partial charge in [0.05, 0.1) is 4.47 Å². The van der Waals surface area contributed by atoms with E-state index in [9.17, 15) is 9.59 Å². The van der Waals surface area contributed by atoms with E-state index in [1.54, 1.807) is 18.2 Å². The first-order valence-electron chi connectivity index (χ1n) is 12.5. The van der Waals surface area contributed by atoms with Crippen LogP contribution in [0.5, 0.6) is 5.75 Å². The van der Waals surface area contributed by atoms with Crippen LogP contribution in [0.1, 0.15) is 50.3 Å². The molecule has 3 aromatic carbocycles. The fourth-order valence-corrected chi connectivity index (χ4v) is 4.96. The van der Waals surface area contributed by atoms with E-state index >= 15 is 0 Å². The van der Waals surface area contributed by atoms with E-state index in [-0.39, 0.29) is 31.0 Å². The third-order valence-corrected chi connectivity index (χ3v) is 7.24. The Balaban J connectivity index is 1.93. The zero-order valence-corrected chi connectivity index (χ0v) is 25.1. The molecule has 5 nitrogen and oxygen atoms in total. The van der Waals surface area contributed by atoms with Crippen LogP contribution in [0.3, 0.4) is 0 Å². The average molecular weight is 620 g/mol. The minimum atomic E-state index is -0.783. The molecule has 8 heteroatoms. The van der Waals surface area contributed by atoms with Gasteiger partial charge in [-0.05, 0) is 76.7 Å². The van der Waals surface area contributed by atoms with Gasteiger partial charge in [0.25, 0.3) is 5.91 Å². The highest BCUT2D eigenvalue weighted by Crippen LogP contribution is 2.29. The Morgan fingerprint density at radius 1 is 0.974 bits per heavy atom. The van der Waals surface area contributed by atoms with E-state index in [1.165, 1.54) is 4.90 Å². The summed E-state index contributed by atoms with van der Waals surface area (Å²) in [5, 5.41) is 3.89. The second kappa shape index (κ2) is 14.0. The Morgan fingerprint density at radius 3 is 2.29 bits per heavy atom. The summed E-state index contributed by atoms with van der Waals surface area (Å²) in [5.74, 6) is 0.332. The highest BCUT2D eigenvalue weighted by Gasteiger charge is 2.31. The summed E-state index contributed by atoms with van der Waals surface area (Å²) in [6.45, 7) is 7.88. The molecule has 0 aliphatic carbocycles. The number of nitrogens with one attached hydrogen (secondary N) is 1. The van der Waals surface area contributed by atoms with Crippen molar-refractivity contribution in [3.8, 4) is 5.75 Å². The van der Waals surface area contributed by atoms with Gasteiger partial charge in [-0.2, -0.15) is 0 Å². The fraction of sp³-hybridized carbons (Fsp3) is 0.333. The van der Waals surface area contributed by atoms with Crippen molar-refractivity contribution in [3.05, 3.63) is 97.9 Å². The van der Waals surface area contributed by atoms with Crippen molar-refractivity contribution in [2.24, 2.45) is 0 Å². The molecular weight excluding hydrogens is 587 g/mol. The summed E-state index contributed by atoms with van der Waals surface area (Å²) in [4.78, 5) is 28.7. The molecule has 1 unspecified atom stereocenters. The molecule has 3 rings (SSSR count). The maximum absolute atomic E-state index is 13.7. The van der Waals surface area contributed by atoms with Gasteiger partial charge in [-0.25, -0.2) is 0 Å². The Kier molecular flexibility index (Phi) is 11.1. The molecule has 0 aromatic heterocycles. The van der Waals surface area contributed by atoms with Crippen molar-refractivity contribution in [2.45, 2.75) is 58.7 Å². The number of ether oxygens (including phenoxy) is 1. The summed E-state index contributed by atoms with van der Waals surface area (Å²) < 4.78 is 6.70. The van der Waals surface area contributed by atoms with Gasteiger partial charge in [0, 0.05) is 29.1 Å². The molecule has 202 valence electrons. The van der Waals surface area contributed by atoms with E-state index in [1.807, 2.05) is 62.4 Å². The highest BCUT2D eigenvalue weighted by molar-refractivity contribution is 9.10. The Morgan fingerprint density at radius 2 is 1.68 bits per heavy atom. The summed E-state index contributed by atoms with van der Waals surface area (Å²) in [6.07, 6.45) is 0.336. The maximum atomic E-state index is 13.7. The number of carbonyl (C=O) groups is 2. The number of halogens is 3. The molecule has 0 aliphatic heterocycles. The molecule has 1 atom stereocenters. The lowest BCUT2D eigenvalue weighted by Crippen LogP contribution is -2.52. The van der Waals surface area contributed by atoms with Crippen molar-refractivity contribution in [3.63, 3.8) is 0 Å². The van der Waals surface area contributed by atoms with Gasteiger partial charge in [0.15, 0.2) is 6.61 Å². The van der Waals surface area contributed by atoms with Crippen LogP contribution >= 0.6 is 39.1 Å². The Bertz CT molecular complexity index is 1250. The minimum absolute atomic E-state index is 0.0940. The monoisotopic (exact) mass is 618 g/mol. The lowest BCUT2D eigenvalue weighted by atomic mass is 10.0. The van der Waals surface area contributed by atoms with E-state index in [2.05, 4.69) is 35.1 Å². The van der Waals surface area contributed by atoms with Crippen molar-refractivity contribution in [2.75, 3.05) is 6.61 Å². The Hall–Kier alpha value is -2.54. The largest absolute Gasteiger partial charge is 0.483 e. The van der Waals surface area contributed by atoms with Gasteiger partial charge in [-0.15, -0.1) is 0 Å². The van der Waals surface area contributed by atoms with E-state index in [0.29, 0.717) is 33.7 Å². The second-order valence-corrected chi connectivity index (χ2v) is 11.5. The van der Waals surface area contributed by atoms with Crippen LogP contribution in [-0.4, -0.2) is 35.4 Å². The van der Waals surface area contributed by atoms with Crippen LogP contribution in [0.15, 0.2) is 71.2 Å². The topological polar surface area (TPSA) is 58.6 Å². The van der Waals surface area contributed by atoms with Crippen molar-refractivity contribution < 1.29 is 14.3 Å². The number of carbonyl (C=O) groups excluding carboxylic acids is 2. The van der Waals surface area contributed by atoms with E-state index in [0.717, 1.165) is 15.6 Å². The third-order valence-electron chi connectivity index (χ3n) is 6.03. The van der Waals surface area contributed by atoms with Crippen molar-refractivity contribution in [1.29, 1.82) is 0 Å². The number of hydrogen-bond donors (Lipinski definition) is 1. The van der Waals surface area contributed by atoms with Gasteiger partial charge in [0.1, 0.15) is 11.8 Å². The normalized spacial score (nSPS) is 11.9. The SMILES string of the molecule is CC(C)NC(=O)C(Cc1ccccc1)N(Cc1ccc(Cl)cc1Cl)C(=O)COc1ccc(C(C)C)cc1Br. The molecule has 0 saturated carbocycles. The first kappa shape index (κ1) is 30.0. The number of benzene rings is 3. The predicted molar refractivity (Wildman–Crippen MR) is 158 cm³/mol. The van der Waals surface area contributed by atoms with Crippen LogP contribution in [0.25, 0.3) is 0 Å². The average Bonchev–Trinajstić information content (AvgIpc) is 2.86. The minimum Gasteiger partial charge on any atom is -0.483 e. The van der Waals surface area contributed by atoms with Crippen molar-refractivity contribution in [1.82, 2.24) is 10.2 Å². The highest BCUT2D eigenvalue weighted by atomic mass is 79.9. The second-order valence-electron chi connectivity index (χ2n) is 9.76. The molecular formula is C30H33BrCl2N2O3. The molecule has 0 fully saturated rings. The molecule has 0 heterocycles. The zero-order chi connectivity index (χ0) is 27.8. The van der Waals surface area contributed by atoms with E-state index < -0.39 is 6.04 Å². The van der Waals surface area contributed by atoms with Crippen LogP contribution in [0, 0.1) is 0 Å². The van der Waals surface area contributed by atoms with Gasteiger partial charge in [-0.1, -0.05) is 79.5 Å². The summed E-state index contributed by atoms with van der Waals surface area (Å²) in [5.41, 5.74) is 2.77. The molecule has 0 saturated heterocycles. The number of amides is 2. The van der Waals surface area contributed by atoms with Gasteiger partial charge in [-0.3, -0.25) is 9.59 Å². The molecule has 1 N–H and O–H groups in total. The molecule has 0 spiro atoms. The molecule has 0 radical (unpaired) electrons. The maximum Gasteiger partial charge on any atom is 0.261 e. The zero-order valence-electron chi connectivity index (χ0n) is 22.0. The lowest BCUT2D eigenvalue weighted by Gasteiger charge is -2.32. The van der Waals surface area contributed by atoms with Gasteiger partial charge >= 0.3 is 0 Å². The summed E-state index contributed by atoms with van der Waals surface area (Å²) in [7, 11) is 0. The Labute approximate surface area is 243 Å². The molecule has 3 aromatic rings. The first-order valence-corrected chi connectivity index (χ1v) is 14.1. The summed E-state index contributed by atoms with van der Waals surface area (Å²) in [6, 6.07) is 19.7. The number of nitrogens with zero attached hydrogens (tertiary/aromatic N) is 1. The molecule has 38 heavy (non-hydrogen) atoms. The van der Waals surface area contributed by atoms with Crippen molar-refractivity contribution >= 4 is 50.9 Å². The van der Waals surface area contributed by atoms with Crippen LogP contribution in [-0.2, 0) is 22.6 Å². The van der Waals surface area contributed by atoms with Gasteiger partial charge in [0.2, 0.25) is 5.91 Å². The predicted octanol–water partition coefficient (Wildman–Crippen LogP) is 7.42. The lowest BCUT2D eigenvalue weighted by molar-refractivity contribution is -0.143.